The van der Waals surface area contributed by atoms with Gasteiger partial charge in [-0.25, -0.2) is 0 Å². The van der Waals surface area contributed by atoms with Crippen LogP contribution in [0.1, 0.15) is 32.3 Å². The Balaban J connectivity index is 3.15. The minimum atomic E-state index is -4.19. The zero-order valence-corrected chi connectivity index (χ0v) is 9.10. The maximum absolute atomic E-state index is 12.9. The van der Waals surface area contributed by atoms with Crippen molar-refractivity contribution in [1.82, 2.24) is 0 Å². The topological polar surface area (TPSA) is 0 Å². The van der Waals surface area contributed by atoms with Crippen LogP contribution in [0.25, 0.3) is 0 Å². The zero-order chi connectivity index (χ0) is 11.7. The molecule has 0 N–H and O–H groups in total. The van der Waals surface area contributed by atoms with Gasteiger partial charge >= 0.3 is 6.18 Å². The molecule has 0 aliphatic rings. The average molecular weight is 216 g/mol. The van der Waals surface area contributed by atoms with Crippen molar-refractivity contribution in [3.05, 3.63) is 35.9 Å². The summed E-state index contributed by atoms with van der Waals surface area (Å²) in [6.45, 7) is 4.83. The Kier molecular flexibility index (Phi) is 3.12. The van der Waals surface area contributed by atoms with Crippen LogP contribution in [-0.4, -0.2) is 6.18 Å². The summed E-state index contributed by atoms with van der Waals surface area (Å²) in [7, 11) is 0. The average Bonchev–Trinajstić information content (AvgIpc) is 2.00. The minimum Gasteiger partial charge on any atom is -0.170 e. The van der Waals surface area contributed by atoms with E-state index < -0.39 is 17.5 Å². The van der Waals surface area contributed by atoms with Gasteiger partial charge in [-0.05, 0) is 11.0 Å². The van der Waals surface area contributed by atoms with E-state index in [9.17, 15) is 13.2 Å². The van der Waals surface area contributed by atoms with Crippen molar-refractivity contribution in [2.75, 3.05) is 0 Å². The van der Waals surface area contributed by atoms with Gasteiger partial charge in [0.05, 0.1) is 5.92 Å². The molecule has 3 heteroatoms. The van der Waals surface area contributed by atoms with Crippen molar-refractivity contribution in [1.29, 1.82) is 0 Å². The molecule has 0 spiro atoms. The van der Waals surface area contributed by atoms with Crippen LogP contribution >= 0.6 is 0 Å². The molecule has 1 atom stereocenters. The summed E-state index contributed by atoms with van der Waals surface area (Å²) in [4.78, 5) is 0. The molecule has 1 rings (SSSR count). The van der Waals surface area contributed by atoms with Crippen LogP contribution in [0.5, 0.6) is 0 Å². The molecule has 0 nitrogen and oxygen atoms in total. The number of alkyl halides is 3. The minimum absolute atomic E-state index is 0.331. The second-order valence-electron chi connectivity index (χ2n) is 4.75. The number of halogens is 3. The Hall–Kier alpha value is -0.990. The van der Waals surface area contributed by atoms with E-state index in [4.69, 9.17) is 0 Å². The molecular weight excluding hydrogens is 201 g/mol. The van der Waals surface area contributed by atoms with Crippen molar-refractivity contribution in [2.45, 2.75) is 32.9 Å². The van der Waals surface area contributed by atoms with Gasteiger partial charge in [0.25, 0.3) is 0 Å². The summed E-state index contributed by atoms with van der Waals surface area (Å²) in [5, 5.41) is 0. The third-order valence-corrected chi connectivity index (χ3v) is 2.33. The van der Waals surface area contributed by atoms with Gasteiger partial charge in [-0.1, -0.05) is 51.1 Å². The van der Waals surface area contributed by atoms with Gasteiger partial charge in [0.2, 0.25) is 0 Å². The predicted octanol–water partition coefficient (Wildman–Crippen LogP) is 4.38. The Labute approximate surface area is 88.1 Å². The molecule has 1 aromatic carbocycles. The van der Waals surface area contributed by atoms with Gasteiger partial charge in [-0.2, -0.15) is 13.2 Å². The van der Waals surface area contributed by atoms with Gasteiger partial charge < -0.3 is 0 Å². The van der Waals surface area contributed by atoms with Crippen molar-refractivity contribution in [3.63, 3.8) is 0 Å². The molecule has 84 valence electrons. The van der Waals surface area contributed by atoms with Crippen molar-refractivity contribution >= 4 is 0 Å². The maximum Gasteiger partial charge on any atom is 0.396 e. The molecule has 0 amide bonds. The fourth-order valence-corrected chi connectivity index (χ4v) is 1.83. The monoisotopic (exact) mass is 216 g/mol. The lowest BCUT2D eigenvalue weighted by Crippen LogP contribution is -2.32. The van der Waals surface area contributed by atoms with E-state index in [0.717, 1.165) is 0 Å². The first-order valence-corrected chi connectivity index (χ1v) is 4.84. The fourth-order valence-electron chi connectivity index (χ4n) is 1.83. The fraction of sp³-hybridized carbons (Fsp3) is 0.500. The van der Waals surface area contributed by atoms with Gasteiger partial charge in [0.1, 0.15) is 0 Å². The lowest BCUT2D eigenvalue weighted by atomic mass is 9.76. The largest absolute Gasteiger partial charge is 0.396 e. The van der Waals surface area contributed by atoms with Gasteiger partial charge in [-0.15, -0.1) is 0 Å². The zero-order valence-electron chi connectivity index (χ0n) is 9.10. The van der Waals surface area contributed by atoms with Crippen LogP contribution in [0.2, 0.25) is 0 Å². The highest BCUT2D eigenvalue weighted by atomic mass is 19.4. The Morgan fingerprint density at radius 3 is 1.73 bits per heavy atom. The molecule has 0 bridgehead atoms. The highest BCUT2D eigenvalue weighted by Gasteiger charge is 2.47. The first-order valence-electron chi connectivity index (χ1n) is 4.84. The predicted molar refractivity (Wildman–Crippen MR) is 54.7 cm³/mol. The second-order valence-corrected chi connectivity index (χ2v) is 4.75. The summed E-state index contributed by atoms with van der Waals surface area (Å²) in [5.74, 6) is -1.41. The van der Waals surface area contributed by atoms with Crippen molar-refractivity contribution in [2.24, 2.45) is 5.41 Å². The quantitative estimate of drug-likeness (QED) is 0.653. The smallest absolute Gasteiger partial charge is 0.170 e. The number of benzene rings is 1. The Morgan fingerprint density at radius 2 is 1.40 bits per heavy atom. The Morgan fingerprint density at radius 1 is 0.933 bits per heavy atom. The summed E-state index contributed by atoms with van der Waals surface area (Å²) in [5.41, 5.74) is -0.489. The van der Waals surface area contributed by atoms with E-state index in [0.29, 0.717) is 5.56 Å². The molecule has 0 saturated heterocycles. The number of hydrogen-bond donors (Lipinski definition) is 0. The highest BCUT2D eigenvalue weighted by molar-refractivity contribution is 5.23. The molecule has 0 aliphatic heterocycles. The molecule has 0 fully saturated rings. The molecule has 0 unspecified atom stereocenters. The Bertz CT molecular complexity index is 292. The highest BCUT2D eigenvalue weighted by Crippen LogP contribution is 2.46. The van der Waals surface area contributed by atoms with Gasteiger partial charge in [0.15, 0.2) is 0 Å². The van der Waals surface area contributed by atoms with E-state index in [2.05, 4.69) is 0 Å². The standard InChI is InChI=1S/C12H15F3/c1-11(2,3)10(12(13,14)15)9-7-5-4-6-8-9/h4-8,10H,1-3H3/t10-/m1/s1. The first kappa shape index (κ1) is 12.1. The van der Waals surface area contributed by atoms with E-state index >= 15 is 0 Å². The van der Waals surface area contributed by atoms with E-state index in [1.807, 2.05) is 0 Å². The lowest BCUT2D eigenvalue weighted by molar-refractivity contribution is -0.171. The van der Waals surface area contributed by atoms with Crippen LogP contribution in [-0.2, 0) is 0 Å². The molecule has 15 heavy (non-hydrogen) atoms. The SMILES string of the molecule is CC(C)(C)[C@@H](c1ccccc1)C(F)(F)F. The van der Waals surface area contributed by atoms with Crippen LogP contribution in [0.4, 0.5) is 13.2 Å². The summed E-state index contributed by atoms with van der Waals surface area (Å²) in [6, 6.07) is 8.06. The molecule has 0 saturated carbocycles. The lowest BCUT2D eigenvalue weighted by Gasteiger charge is -2.32. The third kappa shape index (κ3) is 2.98. The molecule has 1 aromatic rings. The first-order chi connectivity index (χ1) is 6.73. The van der Waals surface area contributed by atoms with Crippen LogP contribution in [0.15, 0.2) is 30.3 Å². The van der Waals surface area contributed by atoms with Crippen LogP contribution in [0.3, 0.4) is 0 Å². The van der Waals surface area contributed by atoms with E-state index in [1.165, 1.54) is 12.1 Å². The van der Waals surface area contributed by atoms with Gasteiger partial charge in [0, 0.05) is 0 Å². The molecule has 0 aliphatic carbocycles. The third-order valence-electron chi connectivity index (χ3n) is 2.33. The number of rotatable bonds is 1. The molecule has 0 aromatic heterocycles. The molecule has 0 heterocycles. The summed E-state index contributed by atoms with van der Waals surface area (Å²) < 4.78 is 38.7. The van der Waals surface area contributed by atoms with Crippen LogP contribution in [0, 0.1) is 5.41 Å². The summed E-state index contributed by atoms with van der Waals surface area (Å²) >= 11 is 0. The second kappa shape index (κ2) is 3.87. The number of hydrogen-bond acceptors (Lipinski definition) is 0. The molecular formula is C12H15F3. The van der Waals surface area contributed by atoms with E-state index in [1.54, 1.807) is 39.0 Å². The van der Waals surface area contributed by atoms with Crippen molar-refractivity contribution in [3.8, 4) is 0 Å². The maximum atomic E-state index is 12.9. The molecule has 0 radical (unpaired) electrons. The summed E-state index contributed by atoms with van der Waals surface area (Å²) in [6.07, 6.45) is -4.19. The van der Waals surface area contributed by atoms with Crippen molar-refractivity contribution < 1.29 is 13.2 Å². The normalized spacial score (nSPS) is 15.1. The van der Waals surface area contributed by atoms with Gasteiger partial charge in [-0.3, -0.25) is 0 Å². The van der Waals surface area contributed by atoms with E-state index in [-0.39, 0.29) is 0 Å². The van der Waals surface area contributed by atoms with Crippen LogP contribution < -0.4 is 0 Å².